The second-order valence-corrected chi connectivity index (χ2v) is 7.76. The first-order valence-electron chi connectivity index (χ1n) is 10.3. The zero-order valence-electron chi connectivity index (χ0n) is 17.6. The number of nitrogens with one attached hydrogen (secondary N) is 2. The smallest absolute Gasteiger partial charge is 0.319 e. The minimum absolute atomic E-state index is 0.319. The fourth-order valence-electron chi connectivity index (χ4n) is 4.03. The number of nitrogens with zero attached hydrogens (tertiary/aromatic N) is 2. The standard InChI is InChI=1S/C22H28N4O5/c1-26(12-10-14-5-3-4-11-23-14)19-20(27)18(17-13-30-21(19)31-17)25-22(28)24-15-6-8-16(29-2)9-7-15/h3-9,11,17-21,27H,10,12-13H2,1-2H3,(H2,24,25,28)/t17-,18+,19-,20-,21+/m0/s1. The van der Waals surface area contributed by atoms with Gasteiger partial charge in [-0.25, -0.2) is 4.79 Å². The molecule has 3 heterocycles. The molecule has 4 rings (SSSR count). The number of anilines is 1. The van der Waals surface area contributed by atoms with Crippen LogP contribution >= 0.6 is 0 Å². The molecule has 166 valence electrons. The number of methoxy groups -OCH3 is 1. The number of aliphatic hydroxyl groups excluding tert-OH is 1. The van der Waals surface area contributed by atoms with Gasteiger partial charge >= 0.3 is 6.03 Å². The van der Waals surface area contributed by atoms with Crippen LogP contribution in [0.3, 0.4) is 0 Å². The Balaban J connectivity index is 1.37. The van der Waals surface area contributed by atoms with E-state index in [4.69, 9.17) is 14.2 Å². The van der Waals surface area contributed by atoms with Crippen LogP contribution in [0, 0.1) is 0 Å². The van der Waals surface area contributed by atoms with Crippen molar-refractivity contribution >= 4 is 11.7 Å². The molecule has 2 aliphatic rings. The van der Waals surface area contributed by atoms with Crippen LogP contribution in [0.5, 0.6) is 5.75 Å². The van der Waals surface area contributed by atoms with Gasteiger partial charge in [-0.1, -0.05) is 6.07 Å². The van der Waals surface area contributed by atoms with Gasteiger partial charge in [0.25, 0.3) is 0 Å². The van der Waals surface area contributed by atoms with Crippen molar-refractivity contribution in [2.75, 3.05) is 32.6 Å². The predicted molar refractivity (Wildman–Crippen MR) is 114 cm³/mol. The van der Waals surface area contributed by atoms with Crippen LogP contribution < -0.4 is 15.4 Å². The summed E-state index contributed by atoms with van der Waals surface area (Å²) in [6, 6.07) is 11.4. The summed E-state index contributed by atoms with van der Waals surface area (Å²) < 4.78 is 16.8. The topological polar surface area (TPSA) is 105 Å². The van der Waals surface area contributed by atoms with Crippen LogP contribution in [0.4, 0.5) is 10.5 Å². The van der Waals surface area contributed by atoms with E-state index >= 15 is 0 Å². The van der Waals surface area contributed by atoms with E-state index in [9.17, 15) is 9.90 Å². The molecule has 2 saturated heterocycles. The lowest BCUT2D eigenvalue weighted by molar-refractivity contribution is -0.176. The quantitative estimate of drug-likeness (QED) is 0.609. The molecule has 2 bridgehead atoms. The molecular formula is C22H28N4O5. The molecule has 0 spiro atoms. The zero-order valence-corrected chi connectivity index (χ0v) is 17.6. The van der Waals surface area contributed by atoms with E-state index in [0.29, 0.717) is 24.6 Å². The summed E-state index contributed by atoms with van der Waals surface area (Å²) in [7, 11) is 3.50. The van der Waals surface area contributed by atoms with Crippen LogP contribution in [0.25, 0.3) is 0 Å². The van der Waals surface area contributed by atoms with Gasteiger partial charge in [-0.3, -0.25) is 9.88 Å². The highest BCUT2D eigenvalue weighted by molar-refractivity contribution is 5.89. The predicted octanol–water partition coefficient (Wildman–Crippen LogP) is 1.24. The Morgan fingerprint density at radius 2 is 2.10 bits per heavy atom. The summed E-state index contributed by atoms with van der Waals surface area (Å²) in [5.41, 5.74) is 1.59. The van der Waals surface area contributed by atoms with Crippen molar-refractivity contribution in [3.8, 4) is 5.75 Å². The molecule has 0 aliphatic carbocycles. The fourth-order valence-corrected chi connectivity index (χ4v) is 4.03. The number of aliphatic hydroxyl groups is 1. The lowest BCUT2D eigenvalue weighted by Gasteiger charge is -2.42. The van der Waals surface area contributed by atoms with E-state index in [0.717, 1.165) is 12.1 Å². The average molecular weight is 428 g/mol. The summed E-state index contributed by atoms with van der Waals surface area (Å²) in [5.74, 6) is 0.702. The first-order valence-corrected chi connectivity index (χ1v) is 10.3. The molecule has 0 saturated carbocycles. The lowest BCUT2D eigenvalue weighted by atomic mass is 9.95. The summed E-state index contributed by atoms with van der Waals surface area (Å²) in [6.07, 6.45) is 0.715. The number of carbonyl (C=O) groups is 1. The first-order chi connectivity index (χ1) is 15.0. The van der Waals surface area contributed by atoms with E-state index in [2.05, 4.69) is 15.6 Å². The van der Waals surface area contributed by atoms with E-state index in [-0.39, 0.29) is 0 Å². The number of aromatic nitrogens is 1. The number of rotatable bonds is 7. The average Bonchev–Trinajstić information content (AvgIpc) is 3.21. The number of carbonyl (C=O) groups excluding carboxylic acids is 1. The number of fused-ring (bicyclic) bond motifs is 2. The molecule has 2 amide bonds. The number of amides is 2. The Morgan fingerprint density at radius 3 is 2.81 bits per heavy atom. The Kier molecular flexibility index (Phi) is 6.67. The molecule has 9 heteroatoms. The molecule has 2 aromatic rings. The molecule has 0 unspecified atom stereocenters. The molecule has 1 aromatic carbocycles. The Labute approximate surface area is 181 Å². The summed E-state index contributed by atoms with van der Waals surface area (Å²) >= 11 is 0. The number of urea groups is 1. The molecule has 2 fully saturated rings. The summed E-state index contributed by atoms with van der Waals surface area (Å²) in [6.45, 7) is 0.983. The van der Waals surface area contributed by atoms with Crippen molar-refractivity contribution in [2.45, 2.75) is 37.0 Å². The van der Waals surface area contributed by atoms with Gasteiger partial charge in [0.1, 0.15) is 11.9 Å². The van der Waals surface area contributed by atoms with E-state index in [1.54, 1.807) is 37.6 Å². The third kappa shape index (κ3) is 4.96. The van der Waals surface area contributed by atoms with Gasteiger partial charge < -0.3 is 30.0 Å². The SMILES string of the molecule is COc1ccc(NC(=O)N[C@H]2[C@H](O)[C@H](N(C)CCc3ccccn3)[C@@H]3OC[C@@H]2O3)cc1. The van der Waals surface area contributed by atoms with E-state index in [1.165, 1.54) is 0 Å². The van der Waals surface area contributed by atoms with Crippen molar-refractivity contribution in [3.05, 3.63) is 54.4 Å². The van der Waals surface area contributed by atoms with E-state index < -0.39 is 36.6 Å². The Morgan fingerprint density at radius 1 is 1.29 bits per heavy atom. The number of hydrogen-bond donors (Lipinski definition) is 3. The van der Waals surface area contributed by atoms with Crippen molar-refractivity contribution in [2.24, 2.45) is 0 Å². The third-order valence-electron chi connectivity index (χ3n) is 5.73. The maximum atomic E-state index is 12.6. The molecule has 9 nitrogen and oxygen atoms in total. The van der Waals surface area contributed by atoms with Gasteiger partial charge in [0.05, 0.1) is 31.9 Å². The lowest BCUT2D eigenvalue weighted by Crippen LogP contribution is -2.65. The monoisotopic (exact) mass is 428 g/mol. The van der Waals surface area contributed by atoms with Crippen LogP contribution in [0.1, 0.15) is 5.69 Å². The Hall–Kier alpha value is -2.72. The maximum Gasteiger partial charge on any atom is 0.319 e. The first kappa shape index (κ1) is 21.5. The molecular weight excluding hydrogens is 400 g/mol. The summed E-state index contributed by atoms with van der Waals surface area (Å²) in [5, 5.41) is 16.7. The number of ether oxygens (including phenoxy) is 3. The Bertz CT molecular complexity index is 866. The van der Waals surface area contributed by atoms with Gasteiger partial charge in [0.2, 0.25) is 0 Å². The fraction of sp³-hybridized carbons (Fsp3) is 0.455. The third-order valence-corrected chi connectivity index (χ3v) is 5.73. The molecule has 31 heavy (non-hydrogen) atoms. The minimum atomic E-state index is -0.846. The van der Waals surface area contributed by atoms with E-state index in [1.807, 2.05) is 30.1 Å². The molecule has 5 atom stereocenters. The largest absolute Gasteiger partial charge is 0.497 e. The van der Waals surface area contributed by atoms with Gasteiger partial charge in [-0.2, -0.15) is 0 Å². The highest BCUT2D eigenvalue weighted by Crippen LogP contribution is 2.31. The zero-order chi connectivity index (χ0) is 21.8. The highest BCUT2D eigenvalue weighted by Gasteiger charge is 2.51. The number of likely N-dealkylation sites (N-methyl/N-ethyl adjacent to an activating group) is 1. The number of benzene rings is 1. The van der Waals surface area contributed by atoms with Crippen molar-refractivity contribution in [1.82, 2.24) is 15.2 Å². The van der Waals surface area contributed by atoms with Gasteiger partial charge in [0, 0.05) is 30.5 Å². The molecule has 2 aliphatic heterocycles. The number of hydrogen-bond acceptors (Lipinski definition) is 7. The minimum Gasteiger partial charge on any atom is -0.497 e. The van der Waals surface area contributed by atoms with Crippen LogP contribution in [0.15, 0.2) is 48.7 Å². The highest BCUT2D eigenvalue weighted by atomic mass is 16.7. The number of pyridine rings is 1. The van der Waals surface area contributed by atoms with Crippen molar-refractivity contribution in [1.29, 1.82) is 0 Å². The van der Waals surface area contributed by atoms with Crippen molar-refractivity contribution in [3.63, 3.8) is 0 Å². The van der Waals surface area contributed by atoms with Crippen LogP contribution in [-0.4, -0.2) is 78.9 Å². The van der Waals surface area contributed by atoms with Crippen LogP contribution in [-0.2, 0) is 15.9 Å². The van der Waals surface area contributed by atoms with Gasteiger partial charge in [0.15, 0.2) is 6.29 Å². The molecule has 1 aromatic heterocycles. The molecule has 0 radical (unpaired) electrons. The maximum absolute atomic E-state index is 12.6. The second kappa shape index (κ2) is 9.61. The normalized spacial score (nSPS) is 27.2. The molecule has 3 N–H and O–H groups in total. The second-order valence-electron chi connectivity index (χ2n) is 7.76. The summed E-state index contributed by atoms with van der Waals surface area (Å²) in [4.78, 5) is 18.9. The van der Waals surface area contributed by atoms with Gasteiger partial charge in [-0.05, 0) is 43.4 Å². The van der Waals surface area contributed by atoms with Gasteiger partial charge in [-0.15, -0.1) is 0 Å². The van der Waals surface area contributed by atoms with Crippen LogP contribution in [0.2, 0.25) is 0 Å². The van der Waals surface area contributed by atoms with Crippen molar-refractivity contribution < 1.29 is 24.1 Å².